The Balaban J connectivity index is 1.58. The normalized spacial score (nSPS) is 18.7. The molecular weight excluding hydrogens is 454 g/mol. The van der Waals surface area contributed by atoms with Gasteiger partial charge in [0.15, 0.2) is 16.6 Å². The van der Waals surface area contributed by atoms with Gasteiger partial charge in [0.05, 0.1) is 6.04 Å². The molecule has 0 N–H and O–H groups in total. The van der Waals surface area contributed by atoms with Crippen LogP contribution in [-0.4, -0.2) is 17.3 Å². The number of para-hydroxylation sites is 4. The largest absolute Gasteiger partial charge is 0.455 e. The minimum Gasteiger partial charge on any atom is -0.455 e. The molecule has 0 spiro atoms. The summed E-state index contributed by atoms with van der Waals surface area (Å²) in [6.45, 7) is 7.04. The lowest BCUT2D eigenvalue weighted by Gasteiger charge is -2.38. The zero-order valence-corrected chi connectivity index (χ0v) is 20.7. The number of benzene rings is 4. The molecular formula is C33H26N3O+. The van der Waals surface area contributed by atoms with E-state index in [2.05, 4.69) is 113 Å². The summed E-state index contributed by atoms with van der Waals surface area (Å²) in [5.74, 6) is 1.55. The number of hydrogen-bond donors (Lipinski definition) is 0. The molecule has 0 amide bonds. The van der Waals surface area contributed by atoms with Crippen LogP contribution in [0.5, 0.6) is 0 Å². The number of aliphatic imine (C=N–C) groups is 1. The lowest BCUT2D eigenvalue weighted by molar-refractivity contribution is -0.653. The van der Waals surface area contributed by atoms with Crippen LogP contribution in [-0.2, 0) is 13.0 Å². The summed E-state index contributed by atoms with van der Waals surface area (Å²) in [6, 6.07) is 32.5. The van der Waals surface area contributed by atoms with Gasteiger partial charge in [-0.15, -0.1) is 0 Å². The average Bonchev–Trinajstić information content (AvgIpc) is 3.46. The van der Waals surface area contributed by atoms with Crippen molar-refractivity contribution in [1.82, 2.24) is 4.57 Å². The van der Waals surface area contributed by atoms with Crippen LogP contribution >= 0.6 is 0 Å². The lowest BCUT2D eigenvalue weighted by atomic mass is 9.70. The first-order chi connectivity index (χ1) is 18.2. The van der Waals surface area contributed by atoms with Crippen LogP contribution in [0.4, 0.5) is 0 Å². The predicted molar refractivity (Wildman–Crippen MR) is 149 cm³/mol. The van der Waals surface area contributed by atoms with E-state index in [-0.39, 0.29) is 6.04 Å². The van der Waals surface area contributed by atoms with Crippen molar-refractivity contribution >= 4 is 39.7 Å². The van der Waals surface area contributed by atoms with Crippen LogP contribution in [0, 0.1) is 5.92 Å². The maximum absolute atomic E-state index is 6.67. The predicted octanol–water partition coefficient (Wildman–Crippen LogP) is 7.06. The summed E-state index contributed by atoms with van der Waals surface area (Å²) in [6.07, 6.45) is 0.904. The highest BCUT2D eigenvalue weighted by atomic mass is 16.3. The summed E-state index contributed by atoms with van der Waals surface area (Å²) in [7, 11) is 0. The van der Waals surface area contributed by atoms with Crippen molar-refractivity contribution in [3.05, 3.63) is 108 Å². The molecule has 0 bridgehead atoms. The quantitative estimate of drug-likeness (QED) is 0.148. The molecule has 37 heavy (non-hydrogen) atoms. The Labute approximate surface area is 214 Å². The Hall–Kier alpha value is -4.44. The second-order valence-corrected chi connectivity index (χ2v) is 10.3. The first-order valence-electron chi connectivity index (χ1n) is 12.9. The van der Waals surface area contributed by atoms with Gasteiger partial charge >= 0.3 is 0 Å². The van der Waals surface area contributed by atoms with E-state index < -0.39 is 0 Å². The highest BCUT2D eigenvalue weighted by Gasteiger charge is 2.42. The fraction of sp³-hybridized carbons (Fsp3) is 0.152. The molecule has 2 aliphatic rings. The standard InChI is InChI=1S/C33H26N3O/c1-20-25-18-21-16-17-24-23-12-6-9-15-29(23)37-32(24)30(21)33-35(19-26(25)31(20)34-2)27-13-7-8-14-28(27)36(33)22-10-4-3-5-11-22/h3-17,20,31H,2,18-19H2,1H3/q+1. The molecule has 0 saturated heterocycles. The smallest absolute Gasteiger partial charge is 0.299 e. The molecule has 2 atom stereocenters. The molecule has 6 aromatic rings. The second kappa shape index (κ2) is 7.53. The van der Waals surface area contributed by atoms with E-state index in [1.165, 1.54) is 33.3 Å². The zero-order chi connectivity index (χ0) is 24.7. The SMILES string of the molecule is C=NC1C2=C(Cc3ccc4c(oc5ccccc54)c3-c3n(-c4ccccc4)c4ccccc4[n+]3C2)C1C. The Morgan fingerprint density at radius 1 is 0.865 bits per heavy atom. The molecule has 0 fully saturated rings. The molecule has 178 valence electrons. The Bertz CT molecular complexity index is 1920. The number of fused-ring (bicyclic) bond motifs is 9. The van der Waals surface area contributed by atoms with Crippen molar-refractivity contribution in [2.45, 2.75) is 25.9 Å². The summed E-state index contributed by atoms with van der Waals surface area (Å²) in [5, 5.41) is 2.32. The summed E-state index contributed by atoms with van der Waals surface area (Å²) < 4.78 is 11.6. The van der Waals surface area contributed by atoms with Crippen LogP contribution in [0.25, 0.3) is 50.0 Å². The van der Waals surface area contributed by atoms with Gasteiger partial charge in [-0.3, -0.25) is 4.99 Å². The third kappa shape index (κ3) is 2.73. The van der Waals surface area contributed by atoms with Crippen molar-refractivity contribution in [1.29, 1.82) is 0 Å². The van der Waals surface area contributed by atoms with Gasteiger partial charge in [0.2, 0.25) is 0 Å². The van der Waals surface area contributed by atoms with Crippen LogP contribution in [0.1, 0.15) is 12.5 Å². The van der Waals surface area contributed by atoms with E-state index in [9.17, 15) is 0 Å². The van der Waals surface area contributed by atoms with Crippen molar-refractivity contribution in [3.8, 4) is 17.1 Å². The Morgan fingerprint density at radius 2 is 1.65 bits per heavy atom. The molecule has 4 aromatic carbocycles. The van der Waals surface area contributed by atoms with Gasteiger partial charge in [-0.1, -0.05) is 73.2 Å². The van der Waals surface area contributed by atoms with E-state index >= 15 is 0 Å². The second-order valence-electron chi connectivity index (χ2n) is 10.3. The number of nitrogens with zero attached hydrogens (tertiary/aromatic N) is 3. The Kier molecular flexibility index (Phi) is 4.22. The first-order valence-corrected chi connectivity index (χ1v) is 12.9. The molecule has 2 aromatic heterocycles. The van der Waals surface area contributed by atoms with E-state index in [4.69, 9.17) is 4.42 Å². The van der Waals surface area contributed by atoms with Gasteiger partial charge in [0.1, 0.15) is 23.4 Å². The van der Waals surface area contributed by atoms with E-state index in [0.717, 1.165) is 46.4 Å². The van der Waals surface area contributed by atoms with Crippen LogP contribution in [0.2, 0.25) is 0 Å². The van der Waals surface area contributed by atoms with Crippen molar-refractivity contribution in [2.24, 2.45) is 10.9 Å². The fourth-order valence-electron chi connectivity index (χ4n) is 6.69. The van der Waals surface area contributed by atoms with E-state index in [1.807, 2.05) is 6.07 Å². The van der Waals surface area contributed by atoms with Crippen LogP contribution in [0.15, 0.2) is 112 Å². The molecule has 0 saturated carbocycles. The van der Waals surface area contributed by atoms with Gasteiger partial charge < -0.3 is 4.42 Å². The van der Waals surface area contributed by atoms with Gasteiger partial charge in [0.25, 0.3) is 5.82 Å². The van der Waals surface area contributed by atoms with E-state index in [0.29, 0.717) is 5.92 Å². The Morgan fingerprint density at radius 3 is 2.51 bits per heavy atom. The summed E-state index contributed by atoms with van der Waals surface area (Å²) in [5.41, 5.74) is 10.8. The van der Waals surface area contributed by atoms with Crippen molar-refractivity contribution in [3.63, 3.8) is 0 Å². The number of imidazole rings is 1. The highest BCUT2D eigenvalue weighted by Crippen LogP contribution is 2.46. The minimum absolute atomic E-state index is 0.172. The summed E-state index contributed by atoms with van der Waals surface area (Å²) >= 11 is 0. The first kappa shape index (κ1) is 20.7. The maximum Gasteiger partial charge on any atom is 0.299 e. The molecule has 2 unspecified atom stereocenters. The number of aromatic nitrogens is 2. The number of rotatable bonds is 2. The third-order valence-electron chi connectivity index (χ3n) is 8.45. The van der Waals surface area contributed by atoms with Gasteiger partial charge in [0, 0.05) is 16.7 Å². The highest BCUT2D eigenvalue weighted by molar-refractivity contribution is 6.10. The average molecular weight is 481 g/mol. The molecule has 1 aliphatic heterocycles. The van der Waals surface area contributed by atoms with Crippen LogP contribution < -0.4 is 4.57 Å². The molecule has 4 nitrogen and oxygen atoms in total. The molecule has 3 heterocycles. The van der Waals surface area contributed by atoms with Crippen molar-refractivity contribution in [2.75, 3.05) is 0 Å². The van der Waals surface area contributed by atoms with Crippen molar-refractivity contribution < 1.29 is 8.98 Å². The maximum atomic E-state index is 6.67. The molecule has 1 aliphatic carbocycles. The lowest BCUT2D eigenvalue weighted by Crippen LogP contribution is -2.46. The number of furan rings is 1. The topological polar surface area (TPSA) is 34.3 Å². The summed E-state index contributed by atoms with van der Waals surface area (Å²) in [4.78, 5) is 4.54. The molecule has 0 radical (unpaired) electrons. The molecule has 8 rings (SSSR count). The van der Waals surface area contributed by atoms with E-state index in [1.54, 1.807) is 0 Å². The van der Waals surface area contributed by atoms with Gasteiger partial charge in [-0.05, 0) is 54.6 Å². The number of hydrogen-bond acceptors (Lipinski definition) is 2. The van der Waals surface area contributed by atoms with Crippen LogP contribution in [0.3, 0.4) is 0 Å². The van der Waals surface area contributed by atoms with Gasteiger partial charge in [-0.25, -0.2) is 4.57 Å². The third-order valence-corrected chi connectivity index (χ3v) is 8.45. The monoisotopic (exact) mass is 480 g/mol. The molecule has 4 heteroatoms. The fourth-order valence-corrected chi connectivity index (χ4v) is 6.69. The van der Waals surface area contributed by atoms with Gasteiger partial charge in [-0.2, -0.15) is 4.57 Å². The zero-order valence-electron chi connectivity index (χ0n) is 20.7. The minimum atomic E-state index is 0.172.